The number of allylic oxidation sites excluding steroid dienone is 1. The molecular formula is C22H26N4O. The van der Waals surface area contributed by atoms with E-state index in [1.54, 1.807) is 12.4 Å². The molecule has 0 spiro atoms. The molecule has 5 nitrogen and oxygen atoms in total. The molecule has 1 aliphatic carbocycles. The third-order valence-corrected chi connectivity index (χ3v) is 5.44. The van der Waals surface area contributed by atoms with Gasteiger partial charge in [0.05, 0.1) is 5.56 Å². The number of nitrogens with one attached hydrogen (secondary N) is 1. The van der Waals surface area contributed by atoms with E-state index in [0.717, 1.165) is 25.1 Å². The zero-order valence-electron chi connectivity index (χ0n) is 15.8. The second kappa shape index (κ2) is 7.91. The van der Waals surface area contributed by atoms with Crippen LogP contribution in [0.5, 0.6) is 0 Å². The number of para-hydroxylation sites is 1. The summed E-state index contributed by atoms with van der Waals surface area (Å²) in [6.45, 7) is 2.91. The Bertz CT molecular complexity index is 844. The summed E-state index contributed by atoms with van der Waals surface area (Å²) in [5.41, 5.74) is 4.27. The number of hydrogen-bond donors (Lipinski definition) is 1. The van der Waals surface area contributed by atoms with Crippen molar-refractivity contribution in [2.75, 3.05) is 16.8 Å². The summed E-state index contributed by atoms with van der Waals surface area (Å²) in [5.74, 6) is 0.546. The van der Waals surface area contributed by atoms with E-state index in [1.165, 1.54) is 36.8 Å². The Balaban J connectivity index is 1.38. The standard InChI is InChI=1S/C22H26N4O/c1-16-13-18-9-5-6-10-20(18)26(16)21(27)19-14-24-22(25-15-19)23-12-11-17-7-3-2-4-8-17/h5-7,9-10,14-16H,2-4,8,11-13H2,1H3,(H,23,24,25). The summed E-state index contributed by atoms with van der Waals surface area (Å²) in [5, 5.41) is 3.26. The maximum absolute atomic E-state index is 13.0. The number of hydrogen-bond acceptors (Lipinski definition) is 4. The van der Waals surface area contributed by atoms with Crippen LogP contribution in [-0.4, -0.2) is 28.5 Å². The van der Waals surface area contributed by atoms with Gasteiger partial charge in [-0.3, -0.25) is 4.79 Å². The molecule has 1 N–H and O–H groups in total. The molecule has 140 valence electrons. The van der Waals surface area contributed by atoms with E-state index >= 15 is 0 Å². The van der Waals surface area contributed by atoms with Crippen molar-refractivity contribution in [2.24, 2.45) is 0 Å². The molecule has 1 unspecified atom stereocenters. The lowest BCUT2D eigenvalue weighted by atomic mass is 9.97. The molecule has 0 fully saturated rings. The molecule has 2 heterocycles. The summed E-state index contributed by atoms with van der Waals surface area (Å²) < 4.78 is 0. The first-order valence-corrected chi connectivity index (χ1v) is 9.87. The summed E-state index contributed by atoms with van der Waals surface area (Å²) in [6.07, 6.45) is 12.6. The Morgan fingerprint density at radius 1 is 1.22 bits per heavy atom. The number of benzene rings is 1. The molecule has 2 aliphatic rings. The number of anilines is 2. The first-order valence-electron chi connectivity index (χ1n) is 9.87. The molecule has 0 bridgehead atoms. The minimum absolute atomic E-state index is 0.0358. The normalized spacial score (nSPS) is 18.8. The minimum Gasteiger partial charge on any atom is -0.354 e. The highest BCUT2D eigenvalue weighted by Crippen LogP contribution is 2.32. The van der Waals surface area contributed by atoms with E-state index in [2.05, 4.69) is 34.4 Å². The van der Waals surface area contributed by atoms with Crippen molar-refractivity contribution in [1.82, 2.24) is 9.97 Å². The summed E-state index contributed by atoms with van der Waals surface area (Å²) in [4.78, 5) is 23.5. The molecule has 1 amide bonds. The monoisotopic (exact) mass is 362 g/mol. The number of carbonyl (C=O) groups is 1. The van der Waals surface area contributed by atoms with Crippen LogP contribution in [0.1, 0.15) is 54.9 Å². The molecule has 27 heavy (non-hydrogen) atoms. The zero-order chi connectivity index (χ0) is 18.6. The maximum Gasteiger partial charge on any atom is 0.261 e. The van der Waals surface area contributed by atoms with E-state index in [-0.39, 0.29) is 11.9 Å². The fourth-order valence-corrected chi connectivity index (χ4v) is 4.01. The molecule has 0 radical (unpaired) electrons. The van der Waals surface area contributed by atoms with Crippen LogP contribution in [0.4, 0.5) is 11.6 Å². The van der Waals surface area contributed by atoms with Gasteiger partial charge in [0.1, 0.15) is 0 Å². The van der Waals surface area contributed by atoms with Gasteiger partial charge in [-0.2, -0.15) is 0 Å². The Morgan fingerprint density at radius 3 is 2.81 bits per heavy atom. The van der Waals surface area contributed by atoms with E-state index < -0.39 is 0 Å². The predicted octanol–water partition coefficient (Wildman–Crippen LogP) is 4.37. The van der Waals surface area contributed by atoms with Gasteiger partial charge in [-0.25, -0.2) is 9.97 Å². The van der Waals surface area contributed by atoms with Crippen molar-refractivity contribution in [2.45, 2.75) is 51.5 Å². The zero-order valence-corrected chi connectivity index (χ0v) is 15.8. The summed E-state index contributed by atoms with van der Waals surface area (Å²) in [6, 6.07) is 8.24. The van der Waals surface area contributed by atoms with E-state index in [9.17, 15) is 4.79 Å². The molecule has 1 atom stereocenters. The van der Waals surface area contributed by atoms with Gasteiger partial charge in [0.25, 0.3) is 5.91 Å². The van der Waals surface area contributed by atoms with Crippen LogP contribution in [0.3, 0.4) is 0 Å². The van der Waals surface area contributed by atoms with E-state index in [1.807, 2.05) is 23.1 Å². The van der Waals surface area contributed by atoms with E-state index in [4.69, 9.17) is 0 Å². The molecule has 1 aromatic carbocycles. The number of aromatic nitrogens is 2. The highest BCUT2D eigenvalue weighted by atomic mass is 16.2. The number of amides is 1. The lowest BCUT2D eigenvalue weighted by Crippen LogP contribution is -2.35. The van der Waals surface area contributed by atoms with Gasteiger partial charge >= 0.3 is 0 Å². The number of carbonyl (C=O) groups excluding carboxylic acids is 1. The van der Waals surface area contributed by atoms with Crippen molar-refractivity contribution in [3.8, 4) is 0 Å². The van der Waals surface area contributed by atoms with Crippen LogP contribution in [0, 0.1) is 0 Å². The third-order valence-electron chi connectivity index (χ3n) is 5.44. The fraction of sp³-hybridized carbons (Fsp3) is 0.409. The molecule has 5 heteroatoms. The van der Waals surface area contributed by atoms with Gasteiger partial charge in [0.2, 0.25) is 5.95 Å². The molecule has 1 aliphatic heterocycles. The second-order valence-electron chi connectivity index (χ2n) is 7.44. The van der Waals surface area contributed by atoms with Gasteiger partial charge in [0, 0.05) is 30.7 Å². The van der Waals surface area contributed by atoms with Crippen LogP contribution >= 0.6 is 0 Å². The van der Waals surface area contributed by atoms with Crippen molar-refractivity contribution >= 4 is 17.5 Å². The Hall–Kier alpha value is -2.69. The van der Waals surface area contributed by atoms with Crippen LogP contribution in [-0.2, 0) is 6.42 Å². The molecule has 2 aromatic rings. The average Bonchev–Trinajstić information content (AvgIpc) is 3.04. The molecule has 1 aromatic heterocycles. The van der Waals surface area contributed by atoms with Crippen molar-refractivity contribution in [3.63, 3.8) is 0 Å². The van der Waals surface area contributed by atoms with Crippen LogP contribution in [0.2, 0.25) is 0 Å². The highest BCUT2D eigenvalue weighted by molar-refractivity contribution is 6.07. The van der Waals surface area contributed by atoms with Crippen LogP contribution < -0.4 is 10.2 Å². The fourth-order valence-electron chi connectivity index (χ4n) is 4.01. The largest absolute Gasteiger partial charge is 0.354 e. The van der Waals surface area contributed by atoms with Crippen molar-refractivity contribution in [3.05, 3.63) is 59.4 Å². The highest BCUT2D eigenvalue weighted by Gasteiger charge is 2.31. The third kappa shape index (κ3) is 3.87. The smallest absolute Gasteiger partial charge is 0.261 e. The van der Waals surface area contributed by atoms with Crippen molar-refractivity contribution < 1.29 is 4.79 Å². The van der Waals surface area contributed by atoms with E-state index in [0.29, 0.717) is 11.5 Å². The van der Waals surface area contributed by atoms with Crippen LogP contribution in [0.15, 0.2) is 48.3 Å². The number of nitrogens with zero attached hydrogens (tertiary/aromatic N) is 3. The van der Waals surface area contributed by atoms with Crippen molar-refractivity contribution in [1.29, 1.82) is 0 Å². The molecule has 4 rings (SSSR count). The lowest BCUT2D eigenvalue weighted by Gasteiger charge is -2.22. The lowest BCUT2D eigenvalue weighted by molar-refractivity contribution is 0.0981. The summed E-state index contributed by atoms with van der Waals surface area (Å²) in [7, 11) is 0. The Morgan fingerprint density at radius 2 is 2.04 bits per heavy atom. The minimum atomic E-state index is -0.0358. The van der Waals surface area contributed by atoms with Gasteiger partial charge in [-0.15, -0.1) is 0 Å². The second-order valence-corrected chi connectivity index (χ2v) is 7.44. The van der Waals surface area contributed by atoms with Gasteiger partial charge in [-0.1, -0.05) is 29.8 Å². The predicted molar refractivity (Wildman–Crippen MR) is 108 cm³/mol. The molecular weight excluding hydrogens is 336 g/mol. The molecule has 0 saturated carbocycles. The SMILES string of the molecule is CC1Cc2ccccc2N1C(=O)c1cnc(NCCC2=CCCCC2)nc1. The first-order chi connectivity index (χ1) is 13.2. The van der Waals surface area contributed by atoms with Crippen LogP contribution in [0.25, 0.3) is 0 Å². The molecule has 0 saturated heterocycles. The number of rotatable bonds is 5. The Kier molecular flexibility index (Phi) is 5.19. The average molecular weight is 362 g/mol. The summed E-state index contributed by atoms with van der Waals surface area (Å²) >= 11 is 0. The Labute approximate surface area is 160 Å². The first kappa shape index (κ1) is 17.7. The topological polar surface area (TPSA) is 58.1 Å². The number of fused-ring (bicyclic) bond motifs is 1. The van der Waals surface area contributed by atoms with Gasteiger partial charge in [-0.05, 0) is 57.1 Å². The van der Waals surface area contributed by atoms with Gasteiger partial charge in [0.15, 0.2) is 0 Å². The van der Waals surface area contributed by atoms with Gasteiger partial charge < -0.3 is 10.2 Å². The quantitative estimate of drug-likeness (QED) is 0.803. The maximum atomic E-state index is 13.0.